The minimum absolute atomic E-state index is 0.0575. The van der Waals surface area contributed by atoms with Crippen molar-refractivity contribution in [1.29, 1.82) is 0 Å². The second-order valence-corrected chi connectivity index (χ2v) is 7.43. The Kier molecular flexibility index (Phi) is 5.51. The van der Waals surface area contributed by atoms with E-state index < -0.39 is 10.5 Å². The molecule has 0 bridgehead atoms. The van der Waals surface area contributed by atoms with Crippen LogP contribution in [-0.4, -0.2) is 55.3 Å². The molecular formula is C19H20ClN7O3. The molecule has 0 atom stereocenters. The first-order valence-electron chi connectivity index (χ1n) is 9.40. The van der Waals surface area contributed by atoms with Crippen molar-refractivity contribution in [3.63, 3.8) is 0 Å². The van der Waals surface area contributed by atoms with Crippen LogP contribution in [0.25, 0.3) is 5.69 Å². The number of aryl methyl sites for hydroxylation is 1. The lowest BCUT2D eigenvalue weighted by Crippen LogP contribution is -2.46. The summed E-state index contributed by atoms with van der Waals surface area (Å²) in [7, 11) is 1.98. The molecule has 1 saturated heterocycles. The summed E-state index contributed by atoms with van der Waals surface area (Å²) >= 11 is 6.39. The molecule has 30 heavy (non-hydrogen) atoms. The molecule has 2 aromatic heterocycles. The van der Waals surface area contributed by atoms with Gasteiger partial charge < -0.3 is 9.47 Å². The minimum Gasteiger partial charge on any atom is -0.366 e. The molecule has 0 unspecified atom stereocenters. The largest absolute Gasteiger partial charge is 0.366 e. The molecule has 0 N–H and O–H groups in total. The first-order valence-corrected chi connectivity index (χ1v) is 9.78. The maximum atomic E-state index is 12.8. The van der Waals surface area contributed by atoms with Gasteiger partial charge in [-0.2, -0.15) is 9.78 Å². The zero-order valence-electron chi connectivity index (χ0n) is 16.3. The summed E-state index contributed by atoms with van der Waals surface area (Å²) in [4.78, 5) is 31.8. The van der Waals surface area contributed by atoms with Crippen molar-refractivity contribution in [1.82, 2.24) is 24.2 Å². The van der Waals surface area contributed by atoms with E-state index in [0.29, 0.717) is 24.5 Å². The maximum absolute atomic E-state index is 12.8. The molecule has 1 aromatic carbocycles. The lowest BCUT2D eigenvalue weighted by molar-refractivity contribution is -0.384. The van der Waals surface area contributed by atoms with Crippen LogP contribution in [0.2, 0.25) is 5.02 Å². The minimum atomic E-state index is -0.496. The van der Waals surface area contributed by atoms with Gasteiger partial charge in [-0.3, -0.25) is 19.8 Å². The van der Waals surface area contributed by atoms with Gasteiger partial charge in [0.05, 0.1) is 29.0 Å². The van der Waals surface area contributed by atoms with E-state index in [0.717, 1.165) is 30.1 Å². The predicted octanol–water partition coefficient (Wildman–Crippen LogP) is 1.85. The van der Waals surface area contributed by atoms with E-state index in [4.69, 9.17) is 11.6 Å². The average molecular weight is 430 g/mol. The van der Waals surface area contributed by atoms with Gasteiger partial charge in [-0.25, -0.2) is 4.98 Å². The van der Waals surface area contributed by atoms with E-state index in [-0.39, 0.29) is 10.7 Å². The number of nitro benzene ring substituents is 1. The fraction of sp³-hybridized carbons (Fsp3) is 0.316. The van der Waals surface area contributed by atoms with Crippen LogP contribution in [0.1, 0.15) is 5.82 Å². The second-order valence-electron chi connectivity index (χ2n) is 7.05. The summed E-state index contributed by atoms with van der Waals surface area (Å²) < 4.78 is 3.15. The van der Waals surface area contributed by atoms with Crippen molar-refractivity contribution in [3.8, 4) is 5.69 Å². The highest BCUT2D eigenvalue weighted by Gasteiger charge is 2.22. The van der Waals surface area contributed by atoms with Crippen LogP contribution < -0.4 is 10.5 Å². The van der Waals surface area contributed by atoms with Crippen LogP contribution in [-0.2, 0) is 13.6 Å². The van der Waals surface area contributed by atoms with Crippen molar-refractivity contribution in [2.75, 3.05) is 31.1 Å². The number of nitrogens with zero attached hydrogens (tertiary/aromatic N) is 7. The molecule has 11 heteroatoms. The molecule has 0 aliphatic carbocycles. The Balaban J connectivity index is 1.48. The van der Waals surface area contributed by atoms with Crippen molar-refractivity contribution in [2.24, 2.45) is 7.05 Å². The van der Waals surface area contributed by atoms with Crippen LogP contribution in [0.5, 0.6) is 0 Å². The van der Waals surface area contributed by atoms with E-state index in [9.17, 15) is 14.9 Å². The molecule has 0 spiro atoms. The number of non-ortho nitro benzene ring substituents is 1. The molecule has 156 valence electrons. The van der Waals surface area contributed by atoms with E-state index in [1.807, 2.05) is 22.7 Å². The summed E-state index contributed by atoms with van der Waals surface area (Å²) in [5.74, 6) is 1.01. The lowest BCUT2D eigenvalue weighted by atomic mass is 10.2. The second kappa shape index (κ2) is 8.25. The van der Waals surface area contributed by atoms with Crippen LogP contribution >= 0.6 is 11.6 Å². The number of benzene rings is 1. The molecular weight excluding hydrogens is 410 g/mol. The lowest BCUT2D eigenvalue weighted by Gasteiger charge is -2.35. The van der Waals surface area contributed by atoms with Crippen LogP contribution in [0.4, 0.5) is 11.4 Å². The Morgan fingerprint density at radius 2 is 1.87 bits per heavy atom. The average Bonchev–Trinajstić information content (AvgIpc) is 3.15. The first-order chi connectivity index (χ1) is 14.4. The van der Waals surface area contributed by atoms with Gasteiger partial charge in [0, 0.05) is 57.8 Å². The molecule has 4 rings (SSSR count). The fourth-order valence-electron chi connectivity index (χ4n) is 3.44. The summed E-state index contributed by atoms with van der Waals surface area (Å²) in [6, 6.07) is 5.59. The molecule has 1 aliphatic heterocycles. The highest BCUT2D eigenvalue weighted by molar-refractivity contribution is 6.33. The number of hydrogen-bond donors (Lipinski definition) is 0. The van der Waals surface area contributed by atoms with E-state index in [1.54, 1.807) is 12.4 Å². The third-order valence-corrected chi connectivity index (χ3v) is 5.56. The van der Waals surface area contributed by atoms with Gasteiger partial charge in [-0.05, 0) is 12.1 Å². The van der Waals surface area contributed by atoms with Crippen molar-refractivity contribution in [3.05, 3.63) is 74.2 Å². The predicted molar refractivity (Wildman–Crippen MR) is 112 cm³/mol. The van der Waals surface area contributed by atoms with Gasteiger partial charge in [-0.1, -0.05) is 11.6 Å². The zero-order valence-corrected chi connectivity index (χ0v) is 17.1. The normalized spacial score (nSPS) is 14.8. The van der Waals surface area contributed by atoms with Crippen LogP contribution in [0.15, 0.2) is 47.7 Å². The molecule has 3 heterocycles. The highest BCUT2D eigenvalue weighted by atomic mass is 35.5. The summed E-state index contributed by atoms with van der Waals surface area (Å²) in [5.41, 5.74) is 0.492. The number of aromatic nitrogens is 4. The molecule has 1 fully saturated rings. The molecule has 3 aromatic rings. The van der Waals surface area contributed by atoms with E-state index >= 15 is 0 Å². The van der Waals surface area contributed by atoms with Crippen molar-refractivity contribution in [2.45, 2.75) is 6.54 Å². The fourth-order valence-corrected chi connectivity index (χ4v) is 3.69. The highest BCUT2D eigenvalue weighted by Crippen LogP contribution is 2.23. The Morgan fingerprint density at radius 1 is 1.17 bits per heavy atom. The number of halogens is 1. The maximum Gasteiger partial charge on any atom is 0.292 e. The molecule has 0 saturated carbocycles. The van der Waals surface area contributed by atoms with Crippen molar-refractivity contribution < 1.29 is 4.92 Å². The van der Waals surface area contributed by atoms with Gasteiger partial charge in [-0.15, -0.1) is 0 Å². The monoisotopic (exact) mass is 429 g/mol. The number of piperazine rings is 1. The molecule has 0 radical (unpaired) electrons. The number of nitro groups is 1. The molecule has 10 nitrogen and oxygen atoms in total. The van der Waals surface area contributed by atoms with Crippen molar-refractivity contribution >= 4 is 23.0 Å². The Bertz CT molecular complexity index is 1120. The third kappa shape index (κ3) is 3.91. The van der Waals surface area contributed by atoms with Crippen LogP contribution in [0, 0.1) is 10.1 Å². The number of anilines is 1. The first kappa shape index (κ1) is 20.0. The Labute approximate surface area is 177 Å². The number of imidazole rings is 1. The topological polar surface area (TPSA) is 102 Å². The summed E-state index contributed by atoms with van der Waals surface area (Å²) in [6.45, 7) is 3.83. The third-order valence-electron chi connectivity index (χ3n) is 5.20. The van der Waals surface area contributed by atoms with Gasteiger partial charge in [0.25, 0.3) is 11.2 Å². The van der Waals surface area contributed by atoms with Crippen LogP contribution in [0.3, 0.4) is 0 Å². The van der Waals surface area contributed by atoms with Gasteiger partial charge in [0.15, 0.2) is 0 Å². The Morgan fingerprint density at radius 3 is 2.47 bits per heavy atom. The zero-order chi connectivity index (χ0) is 21.3. The standard InChI is InChI=1S/C19H20ClN7O3/c1-23-7-6-21-17(23)13-24-8-10-25(11-9-24)16-12-22-26(19(28)18(16)20)14-2-4-15(5-3-14)27(29)30/h2-7,12H,8-11,13H2,1H3. The molecule has 1 aliphatic rings. The number of hydrogen-bond acceptors (Lipinski definition) is 7. The van der Waals surface area contributed by atoms with Gasteiger partial charge in [0.1, 0.15) is 10.8 Å². The number of rotatable bonds is 5. The SMILES string of the molecule is Cn1ccnc1CN1CCN(c2cnn(-c3ccc([N+](=O)[O-])cc3)c(=O)c2Cl)CC1. The smallest absolute Gasteiger partial charge is 0.292 e. The summed E-state index contributed by atoms with van der Waals surface area (Å²) in [5, 5.41) is 15.1. The summed E-state index contributed by atoms with van der Waals surface area (Å²) in [6.07, 6.45) is 5.29. The van der Waals surface area contributed by atoms with Gasteiger partial charge >= 0.3 is 0 Å². The van der Waals surface area contributed by atoms with E-state index in [2.05, 4.69) is 15.0 Å². The Hall–Kier alpha value is -3.24. The quantitative estimate of drug-likeness (QED) is 0.450. The van der Waals surface area contributed by atoms with E-state index in [1.165, 1.54) is 24.3 Å². The van der Waals surface area contributed by atoms with Gasteiger partial charge in [0.2, 0.25) is 0 Å². The molecule has 0 amide bonds.